The number of rotatable bonds is 3. The number of nitrogens with one attached hydrogen (secondary N) is 1. The van der Waals surface area contributed by atoms with Crippen LogP contribution in [0.25, 0.3) is 10.9 Å². The van der Waals surface area contributed by atoms with Crippen LogP contribution in [0, 0.1) is 0 Å². The molecule has 1 aromatic heterocycles. The molecular formula is C20H20N2O4S. The molecule has 140 valence electrons. The number of aromatic nitrogens is 1. The van der Waals surface area contributed by atoms with Gasteiger partial charge in [0.25, 0.3) is 0 Å². The topological polar surface area (TPSA) is 71.6 Å². The van der Waals surface area contributed by atoms with Crippen LogP contribution in [-0.4, -0.2) is 37.6 Å². The second-order valence-corrected chi connectivity index (χ2v) is 8.97. The van der Waals surface area contributed by atoms with Gasteiger partial charge < -0.3 is 14.5 Å². The number of ether oxygens (including phenoxy) is 2. The van der Waals surface area contributed by atoms with Crippen molar-refractivity contribution in [2.45, 2.75) is 23.7 Å². The number of aromatic amines is 1. The predicted molar refractivity (Wildman–Crippen MR) is 102 cm³/mol. The lowest BCUT2D eigenvalue weighted by Gasteiger charge is -2.31. The van der Waals surface area contributed by atoms with Crippen LogP contribution in [-0.2, 0) is 10.0 Å². The fourth-order valence-electron chi connectivity index (χ4n) is 3.92. The Morgan fingerprint density at radius 1 is 1.04 bits per heavy atom. The highest BCUT2D eigenvalue weighted by molar-refractivity contribution is 7.89. The summed E-state index contributed by atoms with van der Waals surface area (Å²) in [6.07, 6.45) is 1.81. The normalized spacial score (nSPS) is 20.2. The van der Waals surface area contributed by atoms with E-state index in [-0.39, 0.29) is 17.6 Å². The number of sulfonamides is 1. The van der Waals surface area contributed by atoms with Crippen molar-refractivity contribution in [3.05, 3.63) is 54.2 Å². The van der Waals surface area contributed by atoms with Crippen molar-refractivity contribution in [3.8, 4) is 11.5 Å². The van der Waals surface area contributed by atoms with Gasteiger partial charge in [-0.2, -0.15) is 4.31 Å². The summed E-state index contributed by atoms with van der Waals surface area (Å²) in [7, 11) is -3.57. The van der Waals surface area contributed by atoms with Crippen LogP contribution in [0.3, 0.4) is 0 Å². The summed E-state index contributed by atoms with van der Waals surface area (Å²) >= 11 is 0. The second kappa shape index (κ2) is 6.28. The first-order valence-electron chi connectivity index (χ1n) is 9.09. The minimum Gasteiger partial charge on any atom is -0.454 e. The molecule has 1 atom stereocenters. The molecule has 6 nitrogen and oxygen atoms in total. The minimum atomic E-state index is -3.57. The molecule has 5 rings (SSSR count). The molecule has 1 N–H and O–H groups in total. The van der Waals surface area contributed by atoms with Crippen molar-refractivity contribution in [1.29, 1.82) is 0 Å². The van der Waals surface area contributed by atoms with Gasteiger partial charge >= 0.3 is 0 Å². The number of piperidine rings is 1. The highest BCUT2D eigenvalue weighted by atomic mass is 32.2. The molecule has 0 aliphatic carbocycles. The van der Waals surface area contributed by atoms with E-state index in [1.165, 1.54) is 0 Å². The number of hydrogen-bond donors (Lipinski definition) is 1. The monoisotopic (exact) mass is 384 g/mol. The fraction of sp³-hybridized carbons (Fsp3) is 0.300. The van der Waals surface area contributed by atoms with Gasteiger partial charge in [-0.05, 0) is 42.5 Å². The third kappa shape index (κ3) is 2.87. The van der Waals surface area contributed by atoms with Crippen molar-refractivity contribution >= 4 is 20.9 Å². The van der Waals surface area contributed by atoms with Gasteiger partial charge in [-0.1, -0.05) is 18.2 Å². The van der Waals surface area contributed by atoms with Crippen LogP contribution >= 0.6 is 0 Å². The highest BCUT2D eigenvalue weighted by Crippen LogP contribution is 2.36. The van der Waals surface area contributed by atoms with Crippen molar-refractivity contribution in [1.82, 2.24) is 9.29 Å². The molecule has 1 unspecified atom stereocenters. The predicted octanol–water partition coefficient (Wildman–Crippen LogP) is 3.46. The lowest BCUT2D eigenvalue weighted by Crippen LogP contribution is -2.39. The number of nitrogens with zero attached hydrogens (tertiary/aromatic N) is 1. The average molecular weight is 384 g/mol. The summed E-state index contributed by atoms with van der Waals surface area (Å²) in [6.45, 7) is 1.14. The first kappa shape index (κ1) is 16.6. The van der Waals surface area contributed by atoms with Crippen LogP contribution in [0.5, 0.6) is 11.5 Å². The Bertz CT molecular complexity index is 1070. The summed E-state index contributed by atoms with van der Waals surface area (Å²) in [5, 5.41) is 1.16. The van der Waals surface area contributed by atoms with Crippen molar-refractivity contribution in [2.75, 3.05) is 19.9 Å². The Balaban J connectivity index is 1.43. The third-order valence-electron chi connectivity index (χ3n) is 5.36. The Morgan fingerprint density at radius 2 is 1.89 bits per heavy atom. The van der Waals surface area contributed by atoms with E-state index in [0.717, 1.165) is 29.4 Å². The molecule has 27 heavy (non-hydrogen) atoms. The van der Waals surface area contributed by atoms with Gasteiger partial charge in [0, 0.05) is 36.3 Å². The summed E-state index contributed by atoms with van der Waals surface area (Å²) in [4.78, 5) is 3.71. The number of benzene rings is 2. The Hall–Kier alpha value is -2.51. The molecule has 0 spiro atoms. The van der Waals surface area contributed by atoms with E-state index in [1.807, 2.05) is 18.2 Å². The SMILES string of the molecule is O=S(=O)(c1ccc2c(c1)OCO2)N1CCCC(c2cc3ccccc3[nH]2)C1. The standard InChI is InChI=1S/C20H20N2O4S/c23-27(24,16-7-8-19-20(11-16)26-13-25-19)22-9-3-5-15(12-22)18-10-14-4-1-2-6-17(14)21-18/h1-2,4,6-8,10-11,15,21H,3,5,9,12-13H2. The molecule has 3 heterocycles. The molecule has 2 aromatic carbocycles. The molecule has 1 saturated heterocycles. The first-order valence-corrected chi connectivity index (χ1v) is 10.5. The van der Waals surface area contributed by atoms with Gasteiger partial charge in [-0.25, -0.2) is 8.42 Å². The highest BCUT2D eigenvalue weighted by Gasteiger charge is 2.32. The van der Waals surface area contributed by atoms with E-state index in [2.05, 4.69) is 17.1 Å². The van der Waals surface area contributed by atoms with Crippen molar-refractivity contribution in [2.24, 2.45) is 0 Å². The van der Waals surface area contributed by atoms with Crippen LogP contribution < -0.4 is 9.47 Å². The van der Waals surface area contributed by atoms with Crippen LogP contribution in [0.1, 0.15) is 24.5 Å². The molecule has 0 bridgehead atoms. The maximum absolute atomic E-state index is 13.2. The van der Waals surface area contributed by atoms with Gasteiger partial charge in [0.1, 0.15) is 0 Å². The Morgan fingerprint density at radius 3 is 2.78 bits per heavy atom. The smallest absolute Gasteiger partial charge is 0.243 e. The van der Waals surface area contributed by atoms with Gasteiger partial charge in [0.15, 0.2) is 11.5 Å². The molecule has 0 saturated carbocycles. The van der Waals surface area contributed by atoms with E-state index in [9.17, 15) is 8.42 Å². The molecule has 2 aliphatic heterocycles. The third-order valence-corrected chi connectivity index (χ3v) is 7.22. The molecule has 7 heteroatoms. The molecule has 1 fully saturated rings. The number of hydrogen-bond acceptors (Lipinski definition) is 4. The van der Waals surface area contributed by atoms with E-state index in [4.69, 9.17) is 9.47 Å². The van der Waals surface area contributed by atoms with Gasteiger partial charge in [-0.3, -0.25) is 0 Å². The Kier molecular flexibility index (Phi) is 3.87. The molecule has 2 aliphatic rings. The lowest BCUT2D eigenvalue weighted by molar-refractivity contribution is 0.174. The lowest BCUT2D eigenvalue weighted by atomic mass is 9.96. The number of H-pyrrole nitrogens is 1. The van der Waals surface area contributed by atoms with E-state index in [1.54, 1.807) is 22.5 Å². The van der Waals surface area contributed by atoms with Gasteiger partial charge in [0.05, 0.1) is 4.90 Å². The molecule has 0 radical (unpaired) electrons. The minimum absolute atomic E-state index is 0.130. The number of para-hydroxylation sites is 1. The summed E-state index contributed by atoms with van der Waals surface area (Å²) in [6, 6.07) is 15.1. The van der Waals surface area contributed by atoms with Crippen molar-refractivity contribution in [3.63, 3.8) is 0 Å². The van der Waals surface area contributed by atoms with Crippen LogP contribution in [0.2, 0.25) is 0 Å². The maximum Gasteiger partial charge on any atom is 0.243 e. The molecule has 3 aromatic rings. The number of fused-ring (bicyclic) bond motifs is 2. The zero-order valence-electron chi connectivity index (χ0n) is 14.7. The van der Waals surface area contributed by atoms with Gasteiger partial charge in [-0.15, -0.1) is 0 Å². The second-order valence-electron chi connectivity index (χ2n) is 7.03. The molecular weight excluding hydrogens is 364 g/mol. The van der Waals surface area contributed by atoms with Crippen LogP contribution in [0.15, 0.2) is 53.4 Å². The van der Waals surface area contributed by atoms with Crippen LogP contribution in [0.4, 0.5) is 0 Å². The van der Waals surface area contributed by atoms with E-state index >= 15 is 0 Å². The van der Waals surface area contributed by atoms with Crippen molar-refractivity contribution < 1.29 is 17.9 Å². The van der Waals surface area contributed by atoms with E-state index in [0.29, 0.717) is 24.6 Å². The zero-order valence-corrected chi connectivity index (χ0v) is 15.5. The first-order chi connectivity index (χ1) is 13.1. The largest absolute Gasteiger partial charge is 0.454 e. The molecule has 0 amide bonds. The Labute approximate surface area is 157 Å². The maximum atomic E-state index is 13.2. The fourth-order valence-corrected chi connectivity index (χ4v) is 5.46. The quantitative estimate of drug-likeness (QED) is 0.751. The summed E-state index contributed by atoms with van der Waals surface area (Å²) in [5.74, 6) is 1.23. The zero-order chi connectivity index (χ0) is 18.4. The van der Waals surface area contributed by atoms with E-state index < -0.39 is 10.0 Å². The summed E-state index contributed by atoms with van der Waals surface area (Å²) in [5.41, 5.74) is 2.19. The summed E-state index contributed by atoms with van der Waals surface area (Å²) < 4.78 is 38.5. The van der Waals surface area contributed by atoms with Gasteiger partial charge in [0.2, 0.25) is 16.8 Å². The average Bonchev–Trinajstić information content (AvgIpc) is 3.34.